The molecule has 144 valence electrons. The summed E-state index contributed by atoms with van der Waals surface area (Å²) in [6.45, 7) is 3.33. The lowest BCUT2D eigenvalue weighted by Crippen LogP contribution is -2.08. The summed E-state index contributed by atoms with van der Waals surface area (Å²) in [7, 11) is 4.02. The average molecular weight is 376 g/mol. The van der Waals surface area contributed by atoms with E-state index in [-0.39, 0.29) is 5.91 Å². The van der Waals surface area contributed by atoms with Crippen LogP contribution in [0.3, 0.4) is 0 Å². The van der Waals surface area contributed by atoms with Crippen LogP contribution in [-0.4, -0.2) is 30.0 Å². The molecule has 3 rings (SSSR count). The fraction of sp³-hybridized carbons (Fsp3) is 0.190. The molecule has 3 N–H and O–H groups in total. The van der Waals surface area contributed by atoms with Gasteiger partial charge < -0.3 is 20.9 Å². The SMILES string of the molecule is CC(=O)Nc1cccc(Nc2cc(Nc3ccc(N(C)C)cc3)nc(C)n2)c1. The molecule has 7 nitrogen and oxygen atoms in total. The minimum Gasteiger partial charge on any atom is -0.378 e. The Morgan fingerprint density at radius 3 is 2.07 bits per heavy atom. The lowest BCUT2D eigenvalue weighted by Gasteiger charge is -2.14. The molecule has 0 spiro atoms. The van der Waals surface area contributed by atoms with Crippen molar-refractivity contribution in [3.05, 3.63) is 60.4 Å². The van der Waals surface area contributed by atoms with Gasteiger partial charge in [-0.15, -0.1) is 0 Å². The van der Waals surface area contributed by atoms with Gasteiger partial charge in [0.1, 0.15) is 17.5 Å². The Kier molecular flexibility index (Phi) is 5.74. The summed E-state index contributed by atoms with van der Waals surface area (Å²) in [6, 6.07) is 17.4. The maximum absolute atomic E-state index is 11.2. The Balaban J connectivity index is 1.77. The molecular formula is C21H24N6O. The van der Waals surface area contributed by atoms with Crippen LogP contribution in [0.15, 0.2) is 54.6 Å². The van der Waals surface area contributed by atoms with Crippen molar-refractivity contribution in [3.8, 4) is 0 Å². The zero-order chi connectivity index (χ0) is 20.1. The standard InChI is InChI=1S/C21H24N6O/c1-14-22-20(25-16-8-10-19(11-9-16)27(3)4)13-21(23-14)26-18-7-5-6-17(12-18)24-15(2)28/h5-13H,1-4H3,(H,24,28)(H2,22,23,25,26). The summed E-state index contributed by atoms with van der Waals surface area (Å²) in [6.07, 6.45) is 0. The molecule has 3 aromatic rings. The number of carbonyl (C=O) groups excluding carboxylic acids is 1. The van der Waals surface area contributed by atoms with Gasteiger partial charge in [-0.3, -0.25) is 4.79 Å². The zero-order valence-corrected chi connectivity index (χ0v) is 16.4. The second-order valence-corrected chi connectivity index (χ2v) is 6.64. The smallest absolute Gasteiger partial charge is 0.221 e. The highest BCUT2D eigenvalue weighted by Crippen LogP contribution is 2.23. The summed E-state index contributed by atoms with van der Waals surface area (Å²) in [5.41, 5.74) is 3.63. The van der Waals surface area contributed by atoms with Crippen molar-refractivity contribution in [1.29, 1.82) is 0 Å². The molecule has 0 aliphatic rings. The lowest BCUT2D eigenvalue weighted by molar-refractivity contribution is -0.114. The Morgan fingerprint density at radius 1 is 0.857 bits per heavy atom. The Bertz CT molecular complexity index is 969. The third-order valence-electron chi connectivity index (χ3n) is 3.95. The average Bonchev–Trinajstić information content (AvgIpc) is 2.61. The lowest BCUT2D eigenvalue weighted by atomic mass is 10.2. The van der Waals surface area contributed by atoms with E-state index < -0.39 is 0 Å². The van der Waals surface area contributed by atoms with Gasteiger partial charge in [-0.1, -0.05) is 6.07 Å². The maximum Gasteiger partial charge on any atom is 0.221 e. The van der Waals surface area contributed by atoms with Gasteiger partial charge in [0, 0.05) is 49.8 Å². The number of anilines is 6. The molecule has 0 saturated heterocycles. The number of nitrogens with zero attached hydrogens (tertiary/aromatic N) is 3. The molecular weight excluding hydrogens is 352 g/mol. The molecule has 0 saturated carbocycles. The molecule has 0 aliphatic heterocycles. The van der Waals surface area contributed by atoms with Crippen LogP contribution in [0.2, 0.25) is 0 Å². The van der Waals surface area contributed by atoms with Crippen LogP contribution in [0.5, 0.6) is 0 Å². The van der Waals surface area contributed by atoms with Gasteiger partial charge in [-0.25, -0.2) is 9.97 Å². The molecule has 0 unspecified atom stereocenters. The fourth-order valence-electron chi connectivity index (χ4n) is 2.71. The van der Waals surface area contributed by atoms with Gasteiger partial charge in [-0.2, -0.15) is 0 Å². The van der Waals surface area contributed by atoms with Crippen LogP contribution in [0, 0.1) is 6.92 Å². The summed E-state index contributed by atoms with van der Waals surface area (Å²) < 4.78 is 0. The van der Waals surface area contributed by atoms with Gasteiger partial charge in [0.25, 0.3) is 0 Å². The number of hydrogen-bond acceptors (Lipinski definition) is 6. The van der Waals surface area contributed by atoms with Gasteiger partial charge in [0.05, 0.1) is 0 Å². The second-order valence-electron chi connectivity index (χ2n) is 6.64. The first-order chi connectivity index (χ1) is 13.4. The molecule has 1 heterocycles. The molecule has 2 aromatic carbocycles. The highest BCUT2D eigenvalue weighted by molar-refractivity contribution is 5.89. The quantitative estimate of drug-likeness (QED) is 0.595. The highest BCUT2D eigenvalue weighted by Gasteiger charge is 2.05. The maximum atomic E-state index is 11.2. The predicted molar refractivity (Wildman–Crippen MR) is 115 cm³/mol. The minimum absolute atomic E-state index is 0.109. The summed E-state index contributed by atoms with van der Waals surface area (Å²) >= 11 is 0. The van der Waals surface area contributed by atoms with Crippen molar-refractivity contribution in [3.63, 3.8) is 0 Å². The van der Waals surface area contributed by atoms with E-state index in [2.05, 4.69) is 30.8 Å². The molecule has 0 bridgehead atoms. The van der Waals surface area contributed by atoms with Crippen molar-refractivity contribution >= 4 is 40.3 Å². The van der Waals surface area contributed by atoms with E-state index in [0.717, 1.165) is 22.7 Å². The van der Waals surface area contributed by atoms with Crippen LogP contribution >= 0.6 is 0 Å². The van der Waals surface area contributed by atoms with E-state index in [9.17, 15) is 4.79 Å². The molecule has 0 radical (unpaired) electrons. The number of benzene rings is 2. The van der Waals surface area contributed by atoms with Gasteiger partial charge in [0.2, 0.25) is 5.91 Å². The number of aromatic nitrogens is 2. The summed E-state index contributed by atoms with van der Waals surface area (Å²) in [4.78, 5) is 22.2. The van der Waals surface area contributed by atoms with Crippen molar-refractivity contribution in [2.24, 2.45) is 0 Å². The van der Waals surface area contributed by atoms with Crippen molar-refractivity contribution < 1.29 is 4.79 Å². The highest BCUT2D eigenvalue weighted by atomic mass is 16.1. The monoisotopic (exact) mass is 376 g/mol. The summed E-state index contributed by atoms with van der Waals surface area (Å²) in [5.74, 6) is 1.91. The largest absolute Gasteiger partial charge is 0.378 e. The number of rotatable bonds is 6. The molecule has 0 atom stereocenters. The van der Waals surface area contributed by atoms with E-state index in [1.165, 1.54) is 6.92 Å². The van der Waals surface area contributed by atoms with E-state index in [4.69, 9.17) is 0 Å². The third-order valence-corrected chi connectivity index (χ3v) is 3.95. The second kappa shape index (κ2) is 8.39. The number of amides is 1. The first-order valence-corrected chi connectivity index (χ1v) is 8.94. The predicted octanol–water partition coefficient (Wildman–Crippen LogP) is 4.30. The Labute approximate surface area is 164 Å². The van der Waals surface area contributed by atoms with Gasteiger partial charge in [-0.05, 0) is 49.4 Å². The number of carbonyl (C=O) groups is 1. The van der Waals surface area contributed by atoms with Crippen LogP contribution in [-0.2, 0) is 4.79 Å². The number of aryl methyl sites for hydroxylation is 1. The van der Waals surface area contributed by atoms with Gasteiger partial charge >= 0.3 is 0 Å². The Hall–Kier alpha value is -3.61. The first-order valence-electron chi connectivity index (χ1n) is 8.94. The van der Waals surface area contributed by atoms with Crippen LogP contribution < -0.4 is 20.9 Å². The molecule has 0 fully saturated rings. The van der Waals surface area contributed by atoms with Crippen molar-refractivity contribution in [2.75, 3.05) is 34.9 Å². The van der Waals surface area contributed by atoms with E-state index in [0.29, 0.717) is 17.5 Å². The molecule has 0 aliphatic carbocycles. The number of nitrogens with one attached hydrogen (secondary N) is 3. The minimum atomic E-state index is -0.109. The van der Waals surface area contributed by atoms with Crippen molar-refractivity contribution in [2.45, 2.75) is 13.8 Å². The van der Waals surface area contributed by atoms with Gasteiger partial charge in [0.15, 0.2) is 0 Å². The fourth-order valence-corrected chi connectivity index (χ4v) is 2.71. The zero-order valence-electron chi connectivity index (χ0n) is 16.4. The Morgan fingerprint density at radius 2 is 1.46 bits per heavy atom. The van der Waals surface area contributed by atoms with Crippen LogP contribution in [0.25, 0.3) is 0 Å². The third kappa shape index (κ3) is 5.20. The first kappa shape index (κ1) is 19.2. The molecule has 1 amide bonds. The van der Waals surface area contributed by atoms with Crippen LogP contribution in [0.4, 0.5) is 34.4 Å². The summed E-state index contributed by atoms with van der Waals surface area (Å²) in [5, 5.41) is 9.34. The van der Waals surface area contributed by atoms with Crippen molar-refractivity contribution in [1.82, 2.24) is 9.97 Å². The normalized spacial score (nSPS) is 10.3. The van der Waals surface area contributed by atoms with E-state index in [1.54, 1.807) is 0 Å². The molecule has 7 heteroatoms. The van der Waals surface area contributed by atoms with E-state index in [1.807, 2.05) is 75.6 Å². The topological polar surface area (TPSA) is 82.2 Å². The molecule has 28 heavy (non-hydrogen) atoms. The number of hydrogen-bond donors (Lipinski definition) is 3. The van der Waals surface area contributed by atoms with E-state index >= 15 is 0 Å². The van der Waals surface area contributed by atoms with Crippen LogP contribution in [0.1, 0.15) is 12.7 Å². The molecule has 1 aromatic heterocycles.